The zero-order valence-electron chi connectivity index (χ0n) is 11.9. The Morgan fingerprint density at radius 3 is 2.65 bits per heavy atom. The second kappa shape index (κ2) is 6.68. The van der Waals surface area contributed by atoms with Crippen LogP contribution < -0.4 is 10.1 Å². The van der Waals surface area contributed by atoms with Crippen LogP contribution in [0.15, 0.2) is 42.5 Å². The number of hydrogen-bond donors (Lipinski definition) is 1. The summed E-state index contributed by atoms with van der Waals surface area (Å²) in [5.41, 5.74) is 4.79. The van der Waals surface area contributed by atoms with Gasteiger partial charge in [0.1, 0.15) is 12.4 Å². The molecule has 0 saturated heterocycles. The zero-order valence-corrected chi connectivity index (χ0v) is 11.9. The van der Waals surface area contributed by atoms with E-state index >= 15 is 0 Å². The lowest BCUT2D eigenvalue weighted by atomic mass is 10.1. The summed E-state index contributed by atoms with van der Waals surface area (Å²) >= 11 is 0. The molecule has 2 rings (SSSR count). The molecule has 102 valence electrons. The van der Waals surface area contributed by atoms with Crippen LogP contribution in [0.3, 0.4) is 0 Å². The van der Waals surface area contributed by atoms with E-state index in [2.05, 4.69) is 43.3 Å². The summed E-state index contributed by atoms with van der Waals surface area (Å²) in [6.07, 6.45) is 5.23. The van der Waals surface area contributed by atoms with Gasteiger partial charge >= 0.3 is 0 Å². The molecular weight excluding hydrogens is 246 g/mol. The van der Waals surface area contributed by atoms with Gasteiger partial charge in [-0.3, -0.25) is 0 Å². The third-order valence-electron chi connectivity index (χ3n) is 3.27. The minimum absolute atomic E-state index is 0.292. The van der Waals surface area contributed by atoms with Crippen LogP contribution in [0.5, 0.6) is 5.75 Å². The molecule has 1 N–H and O–H groups in total. The summed E-state index contributed by atoms with van der Waals surface area (Å²) < 4.78 is 5.54. The van der Waals surface area contributed by atoms with Crippen molar-refractivity contribution in [1.29, 1.82) is 0 Å². The average Bonchev–Trinajstić information content (AvgIpc) is 2.47. The Labute approximate surface area is 120 Å². The largest absolute Gasteiger partial charge is 0.481 e. The SMILES string of the molecule is C#CCOc1ccccc1CNc1ccc(C)c(C)c1. The maximum atomic E-state index is 5.54. The van der Waals surface area contributed by atoms with Gasteiger partial charge in [-0.25, -0.2) is 0 Å². The van der Waals surface area contributed by atoms with E-state index in [1.54, 1.807) is 0 Å². The lowest BCUT2D eigenvalue weighted by Crippen LogP contribution is -2.03. The van der Waals surface area contributed by atoms with Crippen molar-refractivity contribution in [2.24, 2.45) is 0 Å². The van der Waals surface area contributed by atoms with Crippen LogP contribution in [-0.4, -0.2) is 6.61 Å². The molecule has 2 aromatic rings. The molecule has 0 fully saturated rings. The van der Waals surface area contributed by atoms with Crippen molar-refractivity contribution in [3.63, 3.8) is 0 Å². The van der Waals surface area contributed by atoms with Crippen LogP contribution >= 0.6 is 0 Å². The Morgan fingerprint density at radius 2 is 1.90 bits per heavy atom. The molecule has 2 nitrogen and oxygen atoms in total. The predicted octanol–water partition coefficient (Wildman–Crippen LogP) is 3.93. The van der Waals surface area contributed by atoms with E-state index in [1.807, 2.05) is 24.3 Å². The fourth-order valence-electron chi connectivity index (χ4n) is 1.96. The second-order valence-corrected chi connectivity index (χ2v) is 4.75. The monoisotopic (exact) mass is 265 g/mol. The van der Waals surface area contributed by atoms with Crippen LogP contribution in [0.25, 0.3) is 0 Å². The first kappa shape index (κ1) is 14.0. The van der Waals surface area contributed by atoms with Gasteiger partial charge in [0, 0.05) is 17.8 Å². The Hall–Kier alpha value is -2.40. The van der Waals surface area contributed by atoms with Gasteiger partial charge in [0.15, 0.2) is 0 Å². The minimum atomic E-state index is 0.292. The third kappa shape index (κ3) is 3.55. The van der Waals surface area contributed by atoms with Gasteiger partial charge in [0.05, 0.1) is 0 Å². The molecule has 2 aromatic carbocycles. The number of terminal acetylenes is 1. The molecule has 0 heterocycles. The van der Waals surface area contributed by atoms with Gasteiger partial charge in [-0.2, -0.15) is 0 Å². The molecule has 0 aliphatic carbocycles. The van der Waals surface area contributed by atoms with E-state index < -0.39 is 0 Å². The first-order valence-electron chi connectivity index (χ1n) is 6.66. The van der Waals surface area contributed by atoms with Crippen molar-refractivity contribution in [2.75, 3.05) is 11.9 Å². The standard InChI is InChI=1S/C18H19NO/c1-4-11-20-18-8-6-5-7-16(18)13-19-17-10-9-14(2)15(3)12-17/h1,5-10,12,19H,11,13H2,2-3H3. The van der Waals surface area contributed by atoms with E-state index in [-0.39, 0.29) is 0 Å². The van der Waals surface area contributed by atoms with Gasteiger partial charge in [-0.1, -0.05) is 30.2 Å². The van der Waals surface area contributed by atoms with Gasteiger partial charge in [-0.15, -0.1) is 6.42 Å². The molecule has 0 aliphatic rings. The summed E-state index contributed by atoms with van der Waals surface area (Å²) in [4.78, 5) is 0. The summed E-state index contributed by atoms with van der Waals surface area (Å²) in [5.74, 6) is 3.32. The molecule has 0 radical (unpaired) electrons. The first-order chi connectivity index (χ1) is 9.70. The number of anilines is 1. The number of hydrogen-bond acceptors (Lipinski definition) is 2. The van der Waals surface area contributed by atoms with Gasteiger partial charge in [0.2, 0.25) is 0 Å². The molecule has 0 aromatic heterocycles. The summed E-state index contributed by atoms with van der Waals surface area (Å²) in [6, 6.07) is 14.3. The Bertz CT molecular complexity index is 626. The van der Waals surface area contributed by atoms with E-state index in [1.165, 1.54) is 11.1 Å². The second-order valence-electron chi connectivity index (χ2n) is 4.75. The highest BCUT2D eigenvalue weighted by molar-refractivity contribution is 5.49. The lowest BCUT2D eigenvalue weighted by molar-refractivity contribution is 0.366. The highest BCUT2D eigenvalue weighted by Gasteiger charge is 2.03. The Morgan fingerprint density at radius 1 is 1.10 bits per heavy atom. The number of benzene rings is 2. The van der Waals surface area contributed by atoms with Crippen molar-refractivity contribution >= 4 is 5.69 Å². The predicted molar refractivity (Wildman–Crippen MR) is 84.0 cm³/mol. The van der Waals surface area contributed by atoms with Crippen LogP contribution in [0.2, 0.25) is 0 Å². The van der Waals surface area contributed by atoms with Gasteiger partial charge in [0.25, 0.3) is 0 Å². The van der Waals surface area contributed by atoms with E-state index in [4.69, 9.17) is 11.2 Å². The molecule has 0 amide bonds. The average molecular weight is 265 g/mol. The zero-order chi connectivity index (χ0) is 14.4. The summed E-state index contributed by atoms with van der Waals surface area (Å²) in [5, 5.41) is 3.41. The van der Waals surface area contributed by atoms with Crippen LogP contribution in [0.1, 0.15) is 16.7 Å². The molecule has 0 bridgehead atoms. The topological polar surface area (TPSA) is 21.3 Å². The minimum Gasteiger partial charge on any atom is -0.481 e. The molecule has 0 unspecified atom stereocenters. The molecule has 0 spiro atoms. The Balaban J connectivity index is 2.06. The van der Waals surface area contributed by atoms with Crippen molar-refractivity contribution in [3.05, 3.63) is 59.2 Å². The molecule has 0 atom stereocenters. The first-order valence-corrected chi connectivity index (χ1v) is 6.66. The fraction of sp³-hybridized carbons (Fsp3) is 0.222. The highest BCUT2D eigenvalue weighted by Crippen LogP contribution is 2.20. The fourth-order valence-corrected chi connectivity index (χ4v) is 1.96. The lowest BCUT2D eigenvalue weighted by Gasteiger charge is -2.12. The summed E-state index contributed by atoms with van der Waals surface area (Å²) in [7, 11) is 0. The normalized spacial score (nSPS) is 9.85. The van der Waals surface area contributed by atoms with Crippen molar-refractivity contribution in [1.82, 2.24) is 0 Å². The van der Waals surface area contributed by atoms with Crippen molar-refractivity contribution in [3.8, 4) is 18.1 Å². The molecule has 0 saturated carbocycles. The van der Waals surface area contributed by atoms with E-state index in [0.717, 1.165) is 17.0 Å². The smallest absolute Gasteiger partial charge is 0.148 e. The number of aryl methyl sites for hydroxylation is 2. The van der Waals surface area contributed by atoms with Gasteiger partial charge in [-0.05, 0) is 43.2 Å². The highest BCUT2D eigenvalue weighted by atomic mass is 16.5. The number of ether oxygens (including phenoxy) is 1. The third-order valence-corrected chi connectivity index (χ3v) is 3.27. The number of para-hydroxylation sites is 1. The maximum absolute atomic E-state index is 5.54. The number of nitrogens with one attached hydrogen (secondary N) is 1. The molecule has 2 heteroatoms. The van der Waals surface area contributed by atoms with Crippen LogP contribution in [0.4, 0.5) is 5.69 Å². The molecule has 20 heavy (non-hydrogen) atoms. The van der Waals surface area contributed by atoms with Crippen molar-refractivity contribution in [2.45, 2.75) is 20.4 Å². The molecular formula is C18H19NO. The van der Waals surface area contributed by atoms with Crippen molar-refractivity contribution < 1.29 is 4.74 Å². The van der Waals surface area contributed by atoms with E-state index in [0.29, 0.717) is 13.2 Å². The maximum Gasteiger partial charge on any atom is 0.148 e. The quantitative estimate of drug-likeness (QED) is 0.827. The number of rotatable bonds is 5. The van der Waals surface area contributed by atoms with E-state index in [9.17, 15) is 0 Å². The Kier molecular flexibility index (Phi) is 4.68. The molecule has 0 aliphatic heterocycles. The van der Waals surface area contributed by atoms with Crippen LogP contribution in [-0.2, 0) is 6.54 Å². The van der Waals surface area contributed by atoms with Gasteiger partial charge < -0.3 is 10.1 Å². The summed E-state index contributed by atoms with van der Waals surface area (Å²) in [6.45, 7) is 5.23. The van der Waals surface area contributed by atoms with Crippen LogP contribution in [0, 0.1) is 26.2 Å².